The highest BCUT2D eigenvalue weighted by atomic mass is 15.2. The molecule has 1 saturated heterocycles. The Labute approximate surface area is 88.2 Å². The number of hydrogen-bond donors (Lipinski definition) is 1. The zero-order valence-corrected chi connectivity index (χ0v) is 9.71. The quantitative estimate of drug-likeness (QED) is 0.716. The summed E-state index contributed by atoms with van der Waals surface area (Å²) in [4.78, 5) is 4.75. The summed E-state index contributed by atoms with van der Waals surface area (Å²) in [5, 5.41) is 0. The van der Waals surface area contributed by atoms with E-state index in [1.165, 1.54) is 45.4 Å². The second-order valence-electron chi connectivity index (χ2n) is 4.43. The molecule has 0 bridgehead atoms. The normalized spacial score (nSPS) is 20.6. The zero-order valence-electron chi connectivity index (χ0n) is 9.71. The lowest BCUT2D eigenvalue weighted by Gasteiger charge is -2.31. The Balaban J connectivity index is 2.10. The maximum Gasteiger partial charge on any atom is 0.0455 e. The number of hydrogen-bond acceptors (Lipinski definition) is 3. The van der Waals surface area contributed by atoms with E-state index in [0.717, 1.165) is 12.6 Å². The number of rotatable bonds is 5. The Morgan fingerprint density at radius 1 is 1.36 bits per heavy atom. The van der Waals surface area contributed by atoms with Crippen LogP contribution in [-0.2, 0) is 0 Å². The van der Waals surface area contributed by atoms with E-state index in [1.54, 1.807) is 0 Å². The first-order valence-corrected chi connectivity index (χ1v) is 5.87. The summed E-state index contributed by atoms with van der Waals surface area (Å²) < 4.78 is 0. The van der Waals surface area contributed by atoms with Crippen LogP contribution in [0.1, 0.15) is 26.2 Å². The van der Waals surface area contributed by atoms with Gasteiger partial charge in [-0.1, -0.05) is 6.92 Å². The summed E-state index contributed by atoms with van der Waals surface area (Å²) in [6.07, 6.45) is 4.05. The van der Waals surface area contributed by atoms with Crippen LogP contribution in [0.15, 0.2) is 0 Å². The maximum absolute atomic E-state index is 5.61. The topological polar surface area (TPSA) is 32.5 Å². The predicted octanol–water partition coefficient (Wildman–Crippen LogP) is 0.956. The van der Waals surface area contributed by atoms with E-state index in [9.17, 15) is 0 Å². The fraction of sp³-hybridized carbons (Fsp3) is 1.00. The fourth-order valence-corrected chi connectivity index (χ4v) is 2.02. The van der Waals surface area contributed by atoms with Crippen LogP contribution in [0.3, 0.4) is 0 Å². The summed E-state index contributed by atoms with van der Waals surface area (Å²) in [6.45, 7) is 7.79. The van der Waals surface area contributed by atoms with Crippen LogP contribution >= 0.6 is 0 Å². The van der Waals surface area contributed by atoms with Gasteiger partial charge in [-0.15, -0.1) is 0 Å². The van der Waals surface area contributed by atoms with Gasteiger partial charge in [0.2, 0.25) is 0 Å². The second-order valence-corrected chi connectivity index (χ2v) is 4.43. The molecule has 1 aliphatic heterocycles. The number of nitrogens with two attached hydrogens (primary N) is 1. The molecule has 0 aliphatic carbocycles. The summed E-state index contributed by atoms with van der Waals surface area (Å²) in [7, 11) is 2.20. The highest BCUT2D eigenvalue weighted by Gasteiger charge is 2.17. The second kappa shape index (κ2) is 6.38. The van der Waals surface area contributed by atoms with Crippen LogP contribution in [0.5, 0.6) is 0 Å². The third-order valence-corrected chi connectivity index (χ3v) is 3.42. The minimum absolute atomic E-state index is 0.738. The average Bonchev–Trinajstić information content (AvgIpc) is 2.26. The molecule has 0 aromatic rings. The standard InChI is InChI=1S/C11H25N3/c1-3-13(2)7-4-11-5-8-14(10-12)9-6-11/h11H,3-10,12H2,1-2H3. The molecule has 0 amide bonds. The molecule has 0 radical (unpaired) electrons. The van der Waals surface area contributed by atoms with Crippen molar-refractivity contribution in [2.75, 3.05) is 39.9 Å². The van der Waals surface area contributed by atoms with E-state index >= 15 is 0 Å². The smallest absolute Gasteiger partial charge is 0.0455 e. The van der Waals surface area contributed by atoms with Gasteiger partial charge >= 0.3 is 0 Å². The van der Waals surface area contributed by atoms with E-state index in [2.05, 4.69) is 23.8 Å². The number of nitrogens with zero attached hydrogens (tertiary/aromatic N) is 2. The lowest BCUT2D eigenvalue weighted by molar-refractivity contribution is 0.173. The summed E-state index contributed by atoms with van der Waals surface area (Å²) >= 11 is 0. The molecule has 1 rings (SSSR count). The molecule has 3 heteroatoms. The van der Waals surface area contributed by atoms with Gasteiger partial charge in [0.1, 0.15) is 0 Å². The molecule has 0 spiro atoms. The van der Waals surface area contributed by atoms with Gasteiger partial charge < -0.3 is 10.6 Å². The predicted molar refractivity (Wildman–Crippen MR) is 61.1 cm³/mol. The van der Waals surface area contributed by atoms with Crippen LogP contribution in [0.25, 0.3) is 0 Å². The Hall–Kier alpha value is -0.120. The minimum atomic E-state index is 0.738. The molecule has 1 aliphatic rings. The van der Waals surface area contributed by atoms with Crippen molar-refractivity contribution in [3.05, 3.63) is 0 Å². The molecule has 0 atom stereocenters. The first-order chi connectivity index (χ1) is 6.76. The van der Waals surface area contributed by atoms with E-state index in [4.69, 9.17) is 5.73 Å². The lowest BCUT2D eigenvalue weighted by Crippen LogP contribution is -2.38. The molecule has 0 saturated carbocycles. The average molecular weight is 199 g/mol. The van der Waals surface area contributed by atoms with E-state index in [1.807, 2.05) is 0 Å². The highest BCUT2D eigenvalue weighted by Crippen LogP contribution is 2.19. The Kier molecular flexibility index (Phi) is 5.45. The number of piperidine rings is 1. The Morgan fingerprint density at radius 3 is 2.50 bits per heavy atom. The molecule has 14 heavy (non-hydrogen) atoms. The molecule has 0 unspecified atom stereocenters. The summed E-state index contributed by atoms with van der Waals surface area (Å²) in [5.41, 5.74) is 5.61. The van der Waals surface area contributed by atoms with Crippen LogP contribution in [-0.4, -0.2) is 49.7 Å². The van der Waals surface area contributed by atoms with Gasteiger partial charge in [-0.25, -0.2) is 0 Å². The zero-order chi connectivity index (χ0) is 10.4. The Morgan fingerprint density at radius 2 is 2.00 bits per heavy atom. The molecule has 2 N–H and O–H groups in total. The minimum Gasteiger partial charge on any atom is -0.318 e. The van der Waals surface area contributed by atoms with Gasteiger partial charge in [0.05, 0.1) is 0 Å². The van der Waals surface area contributed by atoms with Gasteiger partial charge in [0.15, 0.2) is 0 Å². The Bertz CT molecular complexity index is 141. The van der Waals surface area contributed by atoms with Crippen molar-refractivity contribution >= 4 is 0 Å². The SMILES string of the molecule is CCN(C)CCC1CCN(CN)CC1. The van der Waals surface area contributed by atoms with Crippen molar-refractivity contribution < 1.29 is 0 Å². The molecule has 3 nitrogen and oxygen atoms in total. The van der Waals surface area contributed by atoms with Gasteiger partial charge in [-0.3, -0.25) is 4.90 Å². The van der Waals surface area contributed by atoms with Gasteiger partial charge in [-0.2, -0.15) is 0 Å². The van der Waals surface area contributed by atoms with Crippen molar-refractivity contribution in [2.45, 2.75) is 26.2 Å². The van der Waals surface area contributed by atoms with Crippen molar-refractivity contribution in [2.24, 2.45) is 11.7 Å². The molecule has 1 fully saturated rings. The first kappa shape index (κ1) is 12.0. The van der Waals surface area contributed by atoms with Crippen molar-refractivity contribution in [3.8, 4) is 0 Å². The molecular formula is C11H25N3. The van der Waals surface area contributed by atoms with Gasteiger partial charge in [0, 0.05) is 6.67 Å². The van der Waals surface area contributed by atoms with Crippen molar-refractivity contribution in [1.29, 1.82) is 0 Å². The number of likely N-dealkylation sites (tertiary alicyclic amines) is 1. The van der Waals surface area contributed by atoms with Crippen molar-refractivity contribution in [1.82, 2.24) is 9.80 Å². The van der Waals surface area contributed by atoms with Crippen LogP contribution in [0.2, 0.25) is 0 Å². The third-order valence-electron chi connectivity index (χ3n) is 3.42. The van der Waals surface area contributed by atoms with E-state index in [0.29, 0.717) is 0 Å². The van der Waals surface area contributed by atoms with E-state index in [-0.39, 0.29) is 0 Å². The van der Waals surface area contributed by atoms with Crippen LogP contribution in [0.4, 0.5) is 0 Å². The summed E-state index contributed by atoms with van der Waals surface area (Å²) in [6, 6.07) is 0. The van der Waals surface area contributed by atoms with Crippen LogP contribution < -0.4 is 5.73 Å². The molecule has 1 heterocycles. The lowest BCUT2D eigenvalue weighted by atomic mass is 9.93. The summed E-state index contributed by atoms with van der Waals surface area (Å²) in [5.74, 6) is 0.937. The third kappa shape index (κ3) is 3.95. The molecule has 0 aromatic carbocycles. The van der Waals surface area contributed by atoms with Gasteiger partial charge in [0.25, 0.3) is 0 Å². The van der Waals surface area contributed by atoms with Crippen molar-refractivity contribution in [3.63, 3.8) is 0 Å². The highest BCUT2D eigenvalue weighted by molar-refractivity contribution is 4.71. The van der Waals surface area contributed by atoms with E-state index < -0.39 is 0 Å². The monoisotopic (exact) mass is 199 g/mol. The molecular weight excluding hydrogens is 174 g/mol. The maximum atomic E-state index is 5.61. The fourth-order valence-electron chi connectivity index (χ4n) is 2.02. The van der Waals surface area contributed by atoms with Crippen LogP contribution in [0, 0.1) is 5.92 Å². The van der Waals surface area contributed by atoms with Gasteiger partial charge in [-0.05, 0) is 58.4 Å². The first-order valence-electron chi connectivity index (χ1n) is 5.87. The molecule has 84 valence electrons. The largest absolute Gasteiger partial charge is 0.318 e. The molecule has 0 aromatic heterocycles.